The zero-order valence-electron chi connectivity index (χ0n) is 9.47. The van der Waals surface area contributed by atoms with E-state index in [9.17, 15) is 4.79 Å². The first-order valence-electron chi connectivity index (χ1n) is 5.15. The Bertz CT molecular complexity index is 351. The van der Waals surface area contributed by atoms with Crippen LogP contribution in [0.25, 0.3) is 0 Å². The van der Waals surface area contributed by atoms with Crippen molar-refractivity contribution in [3.8, 4) is 0 Å². The number of rotatable bonds is 5. The topological polar surface area (TPSA) is 59.2 Å². The summed E-state index contributed by atoms with van der Waals surface area (Å²) in [7, 11) is 1.73. The number of pyridine rings is 1. The van der Waals surface area contributed by atoms with Crippen molar-refractivity contribution in [2.75, 3.05) is 7.05 Å². The summed E-state index contributed by atoms with van der Waals surface area (Å²) < 4.78 is 0. The van der Waals surface area contributed by atoms with E-state index in [1.165, 1.54) is 0 Å². The summed E-state index contributed by atoms with van der Waals surface area (Å²) in [6, 6.07) is 3.27. The van der Waals surface area contributed by atoms with Crippen LogP contribution < -0.4 is 5.73 Å². The summed E-state index contributed by atoms with van der Waals surface area (Å²) in [4.78, 5) is 17.4. The molecule has 4 heteroatoms. The molecule has 1 aromatic rings. The molecule has 0 saturated heterocycles. The standard InChI is InChI=1S/C12H17N3O/c1-3-5-11(13)12(16)15(2)9-10-6-4-7-14-8-10/h3-4,6-8,11H,1,5,9,13H2,2H3. The lowest BCUT2D eigenvalue weighted by Gasteiger charge is -2.20. The van der Waals surface area contributed by atoms with Gasteiger partial charge in [0.25, 0.3) is 0 Å². The van der Waals surface area contributed by atoms with Crippen LogP contribution in [0.1, 0.15) is 12.0 Å². The Labute approximate surface area is 95.8 Å². The van der Waals surface area contributed by atoms with E-state index >= 15 is 0 Å². The Morgan fingerprint density at radius 3 is 3.06 bits per heavy atom. The third-order valence-corrected chi connectivity index (χ3v) is 2.26. The second-order valence-electron chi connectivity index (χ2n) is 3.69. The van der Waals surface area contributed by atoms with Gasteiger partial charge in [0.2, 0.25) is 5.91 Å². The number of carbonyl (C=O) groups is 1. The van der Waals surface area contributed by atoms with Crippen LogP contribution in [0.3, 0.4) is 0 Å². The van der Waals surface area contributed by atoms with Gasteiger partial charge in [-0.3, -0.25) is 9.78 Å². The molecule has 1 heterocycles. The predicted octanol–water partition coefficient (Wildman–Crippen LogP) is 0.943. The van der Waals surface area contributed by atoms with Crippen molar-refractivity contribution >= 4 is 5.91 Å². The minimum atomic E-state index is -0.501. The number of hydrogen-bond acceptors (Lipinski definition) is 3. The Kier molecular flexibility index (Phi) is 4.66. The molecule has 0 saturated carbocycles. The molecule has 1 amide bonds. The summed E-state index contributed by atoms with van der Waals surface area (Å²) >= 11 is 0. The maximum atomic E-state index is 11.8. The lowest BCUT2D eigenvalue weighted by atomic mass is 10.2. The molecule has 0 aromatic carbocycles. The zero-order chi connectivity index (χ0) is 12.0. The van der Waals surface area contributed by atoms with Gasteiger partial charge in [-0.25, -0.2) is 0 Å². The molecule has 0 spiro atoms. The maximum Gasteiger partial charge on any atom is 0.239 e. The van der Waals surface area contributed by atoms with Crippen molar-refractivity contribution in [3.05, 3.63) is 42.7 Å². The number of likely N-dealkylation sites (N-methyl/N-ethyl adjacent to an activating group) is 1. The number of nitrogens with two attached hydrogens (primary N) is 1. The molecular formula is C12H17N3O. The summed E-state index contributed by atoms with van der Waals surface area (Å²) in [5.74, 6) is -0.0799. The molecule has 1 aromatic heterocycles. The molecule has 0 fully saturated rings. The van der Waals surface area contributed by atoms with Gasteiger partial charge in [-0.2, -0.15) is 0 Å². The lowest BCUT2D eigenvalue weighted by molar-refractivity contribution is -0.131. The van der Waals surface area contributed by atoms with Gasteiger partial charge >= 0.3 is 0 Å². The lowest BCUT2D eigenvalue weighted by Crippen LogP contribution is -2.41. The number of amides is 1. The number of aromatic nitrogens is 1. The highest BCUT2D eigenvalue weighted by Crippen LogP contribution is 2.03. The molecule has 1 unspecified atom stereocenters. The van der Waals surface area contributed by atoms with Crippen LogP contribution in [0, 0.1) is 0 Å². The van der Waals surface area contributed by atoms with Gasteiger partial charge in [0, 0.05) is 26.0 Å². The molecule has 0 aliphatic heterocycles. The largest absolute Gasteiger partial charge is 0.340 e. The number of hydrogen-bond donors (Lipinski definition) is 1. The van der Waals surface area contributed by atoms with Crippen molar-refractivity contribution in [1.82, 2.24) is 9.88 Å². The highest BCUT2D eigenvalue weighted by molar-refractivity contribution is 5.81. The fraction of sp³-hybridized carbons (Fsp3) is 0.333. The van der Waals surface area contributed by atoms with Crippen LogP contribution in [-0.2, 0) is 11.3 Å². The minimum absolute atomic E-state index is 0.0799. The number of nitrogens with zero attached hydrogens (tertiary/aromatic N) is 2. The third-order valence-electron chi connectivity index (χ3n) is 2.26. The van der Waals surface area contributed by atoms with Gasteiger partial charge < -0.3 is 10.6 Å². The summed E-state index contributed by atoms with van der Waals surface area (Å²) in [6.45, 7) is 4.09. The van der Waals surface area contributed by atoms with Crippen LogP contribution in [0.5, 0.6) is 0 Å². The average molecular weight is 219 g/mol. The average Bonchev–Trinajstić information content (AvgIpc) is 2.29. The highest BCUT2D eigenvalue weighted by Gasteiger charge is 2.16. The molecule has 86 valence electrons. The first-order valence-corrected chi connectivity index (χ1v) is 5.15. The van der Waals surface area contributed by atoms with E-state index in [4.69, 9.17) is 5.73 Å². The molecule has 1 atom stereocenters. The van der Waals surface area contributed by atoms with Gasteiger partial charge in [0.05, 0.1) is 6.04 Å². The first kappa shape index (κ1) is 12.4. The number of carbonyl (C=O) groups excluding carboxylic acids is 1. The second kappa shape index (κ2) is 6.02. The van der Waals surface area contributed by atoms with Gasteiger partial charge in [0.1, 0.15) is 0 Å². The van der Waals surface area contributed by atoms with E-state index < -0.39 is 6.04 Å². The molecule has 1 rings (SSSR count). The van der Waals surface area contributed by atoms with Crippen LogP contribution in [0.15, 0.2) is 37.2 Å². The van der Waals surface area contributed by atoms with Crippen LogP contribution in [0.2, 0.25) is 0 Å². The van der Waals surface area contributed by atoms with Gasteiger partial charge in [-0.05, 0) is 18.1 Å². The SMILES string of the molecule is C=CCC(N)C(=O)N(C)Cc1cccnc1. The summed E-state index contributed by atoms with van der Waals surface area (Å²) in [5, 5.41) is 0. The highest BCUT2D eigenvalue weighted by atomic mass is 16.2. The Hall–Kier alpha value is -1.68. The zero-order valence-corrected chi connectivity index (χ0v) is 9.47. The van der Waals surface area contributed by atoms with Crippen molar-refractivity contribution in [3.63, 3.8) is 0 Å². The molecule has 0 aliphatic carbocycles. The quantitative estimate of drug-likeness (QED) is 0.750. The van der Waals surface area contributed by atoms with Crippen molar-refractivity contribution in [2.24, 2.45) is 5.73 Å². The maximum absolute atomic E-state index is 11.8. The smallest absolute Gasteiger partial charge is 0.239 e. The molecule has 2 N–H and O–H groups in total. The monoisotopic (exact) mass is 219 g/mol. The van der Waals surface area contributed by atoms with E-state index in [1.807, 2.05) is 12.1 Å². The molecule has 0 bridgehead atoms. The van der Waals surface area contributed by atoms with Gasteiger partial charge in [-0.15, -0.1) is 6.58 Å². The van der Waals surface area contributed by atoms with E-state index in [1.54, 1.807) is 30.4 Å². The van der Waals surface area contributed by atoms with Crippen molar-refractivity contribution < 1.29 is 4.79 Å². The fourth-order valence-corrected chi connectivity index (χ4v) is 1.41. The van der Waals surface area contributed by atoms with Crippen LogP contribution >= 0.6 is 0 Å². The van der Waals surface area contributed by atoms with E-state index in [-0.39, 0.29) is 5.91 Å². The minimum Gasteiger partial charge on any atom is -0.340 e. The Balaban J connectivity index is 2.55. The first-order chi connectivity index (χ1) is 7.65. The molecule has 4 nitrogen and oxygen atoms in total. The van der Waals surface area contributed by atoms with E-state index in [2.05, 4.69) is 11.6 Å². The van der Waals surface area contributed by atoms with E-state index in [0.29, 0.717) is 13.0 Å². The third kappa shape index (κ3) is 3.47. The second-order valence-corrected chi connectivity index (χ2v) is 3.69. The normalized spacial score (nSPS) is 11.9. The van der Waals surface area contributed by atoms with Crippen molar-refractivity contribution in [2.45, 2.75) is 19.0 Å². The molecule has 16 heavy (non-hydrogen) atoms. The Morgan fingerprint density at radius 2 is 2.50 bits per heavy atom. The molecular weight excluding hydrogens is 202 g/mol. The molecule has 0 aliphatic rings. The van der Waals surface area contributed by atoms with Crippen LogP contribution in [0.4, 0.5) is 0 Å². The fourth-order valence-electron chi connectivity index (χ4n) is 1.41. The van der Waals surface area contributed by atoms with Gasteiger partial charge in [-0.1, -0.05) is 12.1 Å². The Morgan fingerprint density at radius 1 is 1.75 bits per heavy atom. The summed E-state index contributed by atoms with van der Waals surface area (Å²) in [5.41, 5.74) is 6.69. The summed E-state index contributed by atoms with van der Waals surface area (Å²) in [6.07, 6.45) is 5.59. The molecule has 0 radical (unpaired) electrons. The van der Waals surface area contributed by atoms with Gasteiger partial charge in [0.15, 0.2) is 0 Å². The predicted molar refractivity (Wildman–Crippen MR) is 63.5 cm³/mol. The van der Waals surface area contributed by atoms with E-state index in [0.717, 1.165) is 5.56 Å². The van der Waals surface area contributed by atoms with Crippen molar-refractivity contribution in [1.29, 1.82) is 0 Å². The van der Waals surface area contributed by atoms with Crippen LogP contribution in [-0.4, -0.2) is 28.9 Å².